The molecule has 106 valence electrons. The molecule has 3 nitrogen and oxygen atoms in total. The van der Waals surface area contributed by atoms with Crippen LogP contribution < -0.4 is 10.2 Å². The van der Waals surface area contributed by atoms with Crippen molar-refractivity contribution in [3.8, 4) is 0 Å². The topological polar surface area (TPSA) is 35.5 Å². The molecule has 0 bridgehead atoms. The van der Waals surface area contributed by atoms with Crippen LogP contribution in [0.25, 0.3) is 0 Å². The highest BCUT2D eigenvalue weighted by molar-refractivity contribution is 5.56. The lowest BCUT2D eigenvalue weighted by Crippen LogP contribution is -2.37. The van der Waals surface area contributed by atoms with Crippen LogP contribution in [0.3, 0.4) is 0 Å². The van der Waals surface area contributed by atoms with Crippen molar-refractivity contribution in [2.45, 2.75) is 38.8 Å². The summed E-state index contributed by atoms with van der Waals surface area (Å²) < 4.78 is 14.1. The van der Waals surface area contributed by atoms with Crippen molar-refractivity contribution in [1.82, 2.24) is 5.32 Å². The Morgan fingerprint density at radius 2 is 2.11 bits per heavy atom. The van der Waals surface area contributed by atoms with Gasteiger partial charge in [0.15, 0.2) is 0 Å². The minimum atomic E-state index is -0.209. The molecule has 0 aromatic heterocycles. The van der Waals surface area contributed by atoms with Crippen molar-refractivity contribution in [3.63, 3.8) is 0 Å². The molecule has 2 rings (SSSR count). The van der Waals surface area contributed by atoms with Crippen molar-refractivity contribution in [3.05, 3.63) is 29.6 Å². The molecule has 1 saturated heterocycles. The Bertz CT molecular complexity index is 417. The van der Waals surface area contributed by atoms with Gasteiger partial charge in [-0.15, -0.1) is 0 Å². The number of rotatable bonds is 4. The van der Waals surface area contributed by atoms with Crippen LogP contribution in [0, 0.1) is 5.82 Å². The molecule has 19 heavy (non-hydrogen) atoms. The van der Waals surface area contributed by atoms with Crippen molar-refractivity contribution in [2.24, 2.45) is 0 Å². The number of hydrogen-bond donors (Lipinski definition) is 2. The molecule has 1 aromatic carbocycles. The molecule has 1 heterocycles. The van der Waals surface area contributed by atoms with E-state index < -0.39 is 0 Å². The average Bonchev–Trinajstić information content (AvgIpc) is 2.39. The Morgan fingerprint density at radius 3 is 2.74 bits per heavy atom. The molecular formula is C15H23FN2O. The van der Waals surface area contributed by atoms with Crippen molar-refractivity contribution < 1.29 is 9.50 Å². The lowest BCUT2D eigenvalue weighted by Gasteiger charge is -2.34. The zero-order valence-corrected chi connectivity index (χ0v) is 11.7. The van der Waals surface area contributed by atoms with E-state index in [1.165, 1.54) is 6.07 Å². The molecule has 1 aromatic rings. The van der Waals surface area contributed by atoms with Gasteiger partial charge in [-0.3, -0.25) is 0 Å². The first-order valence-electron chi connectivity index (χ1n) is 7.08. The van der Waals surface area contributed by atoms with Gasteiger partial charge >= 0.3 is 0 Å². The Hall–Kier alpha value is -1.13. The van der Waals surface area contributed by atoms with Gasteiger partial charge in [0.2, 0.25) is 0 Å². The van der Waals surface area contributed by atoms with Gasteiger partial charge in [-0.25, -0.2) is 4.39 Å². The van der Waals surface area contributed by atoms with Crippen LogP contribution in [0.2, 0.25) is 0 Å². The number of nitrogens with one attached hydrogen (secondary N) is 1. The minimum Gasteiger partial charge on any atom is -0.393 e. The third kappa shape index (κ3) is 3.25. The summed E-state index contributed by atoms with van der Waals surface area (Å²) in [4.78, 5) is 2.18. The molecular weight excluding hydrogens is 243 g/mol. The predicted molar refractivity (Wildman–Crippen MR) is 75.9 cm³/mol. The van der Waals surface area contributed by atoms with Crippen LogP contribution in [0.15, 0.2) is 18.2 Å². The SMILES string of the molecule is CCNC(C)c1c(F)cccc1N1CCC(O)CC1. The Balaban J connectivity index is 2.26. The second-order valence-electron chi connectivity index (χ2n) is 5.17. The van der Waals surface area contributed by atoms with E-state index in [0.717, 1.165) is 43.7 Å². The lowest BCUT2D eigenvalue weighted by atomic mass is 10.0. The van der Waals surface area contributed by atoms with E-state index >= 15 is 0 Å². The first-order chi connectivity index (χ1) is 9.13. The van der Waals surface area contributed by atoms with Crippen LogP contribution in [0.4, 0.5) is 10.1 Å². The van der Waals surface area contributed by atoms with Gasteiger partial charge < -0.3 is 15.3 Å². The highest BCUT2D eigenvalue weighted by Gasteiger charge is 2.22. The molecule has 0 amide bonds. The fourth-order valence-electron chi connectivity index (χ4n) is 2.75. The monoisotopic (exact) mass is 266 g/mol. The number of aliphatic hydroxyl groups is 1. The second-order valence-corrected chi connectivity index (χ2v) is 5.17. The van der Waals surface area contributed by atoms with E-state index in [4.69, 9.17) is 0 Å². The van der Waals surface area contributed by atoms with Crippen LogP contribution >= 0.6 is 0 Å². The fourth-order valence-corrected chi connectivity index (χ4v) is 2.75. The number of hydrogen-bond acceptors (Lipinski definition) is 3. The van der Waals surface area contributed by atoms with Gasteiger partial charge in [-0.05, 0) is 38.4 Å². The number of aliphatic hydroxyl groups excluding tert-OH is 1. The molecule has 0 spiro atoms. The van der Waals surface area contributed by atoms with Gasteiger partial charge in [0.1, 0.15) is 5.82 Å². The predicted octanol–water partition coefficient (Wildman–Crippen LogP) is 2.46. The maximum absolute atomic E-state index is 14.1. The van der Waals surface area contributed by atoms with E-state index in [2.05, 4.69) is 10.2 Å². The van der Waals surface area contributed by atoms with E-state index in [1.807, 2.05) is 19.9 Å². The minimum absolute atomic E-state index is 0.00644. The van der Waals surface area contributed by atoms with Crippen LogP contribution in [0.5, 0.6) is 0 Å². The summed E-state index contributed by atoms with van der Waals surface area (Å²) >= 11 is 0. The maximum Gasteiger partial charge on any atom is 0.130 e. The van der Waals surface area contributed by atoms with Crippen LogP contribution in [0.1, 0.15) is 38.3 Å². The van der Waals surface area contributed by atoms with E-state index in [-0.39, 0.29) is 18.0 Å². The third-order valence-corrected chi connectivity index (χ3v) is 3.78. The molecule has 1 aliphatic rings. The summed E-state index contributed by atoms with van der Waals surface area (Å²) in [5.41, 5.74) is 1.70. The second kappa shape index (κ2) is 6.35. The first-order valence-corrected chi connectivity index (χ1v) is 7.08. The fraction of sp³-hybridized carbons (Fsp3) is 0.600. The molecule has 0 aliphatic carbocycles. The van der Waals surface area contributed by atoms with Gasteiger partial charge in [-0.2, -0.15) is 0 Å². The zero-order chi connectivity index (χ0) is 13.8. The number of nitrogens with zero attached hydrogens (tertiary/aromatic N) is 1. The number of halogens is 1. The Kier molecular flexibility index (Phi) is 4.77. The van der Waals surface area contributed by atoms with Gasteiger partial charge in [0, 0.05) is 30.4 Å². The van der Waals surface area contributed by atoms with E-state index in [0.29, 0.717) is 0 Å². The molecule has 1 aliphatic heterocycles. The van der Waals surface area contributed by atoms with Crippen molar-refractivity contribution in [1.29, 1.82) is 0 Å². The largest absolute Gasteiger partial charge is 0.393 e. The van der Waals surface area contributed by atoms with Crippen LogP contribution in [-0.4, -0.2) is 30.8 Å². The average molecular weight is 266 g/mol. The Labute approximate surface area is 114 Å². The molecule has 1 atom stereocenters. The number of piperidine rings is 1. The summed E-state index contributed by atoms with van der Waals surface area (Å²) in [7, 11) is 0. The quantitative estimate of drug-likeness (QED) is 0.878. The normalized spacial score (nSPS) is 18.6. The van der Waals surface area contributed by atoms with Crippen LogP contribution in [-0.2, 0) is 0 Å². The number of anilines is 1. The van der Waals surface area contributed by atoms with Gasteiger partial charge in [-0.1, -0.05) is 13.0 Å². The summed E-state index contributed by atoms with van der Waals surface area (Å²) in [6, 6.07) is 5.25. The van der Waals surface area contributed by atoms with Gasteiger partial charge in [0.25, 0.3) is 0 Å². The van der Waals surface area contributed by atoms with Gasteiger partial charge in [0.05, 0.1) is 6.10 Å². The van der Waals surface area contributed by atoms with Crippen molar-refractivity contribution >= 4 is 5.69 Å². The molecule has 4 heteroatoms. The highest BCUT2D eigenvalue weighted by Crippen LogP contribution is 2.30. The first kappa shape index (κ1) is 14.3. The number of benzene rings is 1. The molecule has 1 fully saturated rings. The van der Waals surface area contributed by atoms with E-state index in [1.54, 1.807) is 6.07 Å². The maximum atomic E-state index is 14.1. The highest BCUT2D eigenvalue weighted by atomic mass is 19.1. The summed E-state index contributed by atoms with van der Waals surface area (Å²) in [6.07, 6.45) is 1.30. The smallest absolute Gasteiger partial charge is 0.130 e. The van der Waals surface area contributed by atoms with Crippen molar-refractivity contribution in [2.75, 3.05) is 24.5 Å². The summed E-state index contributed by atoms with van der Waals surface area (Å²) in [5, 5.41) is 12.9. The Morgan fingerprint density at radius 1 is 1.42 bits per heavy atom. The zero-order valence-electron chi connectivity index (χ0n) is 11.7. The molecule has 1 unspecified atom stereocenters. The third-order valence-electron chi connectivity index (χ3n) is 3.78. The standard InChI is InChI=1S/C15H23FN2O/c1-3-17-11(2)15-13(16)5-4-6-14(15)18-9-7-12(19)8-10-18/h4-6,11-12,17,19H,3,7-10H2,1-2H3. The molecule has 0 radical (unpaired) electrons. The summed E-state index contributed by atoms with van der Waals surface area (Å²) in [5.74, 6) is -0.155. The van der Waals surface area contributed by atoms with E-state index in [9.17, 15) is 9.50 Å². The molecule has 0 saturated carbocycles. The lowest BCUT2D eigenvalue weighted by molar-refractivity contribution is 0.145. The summed E-state index contributed by atoms with van der Waals surface area (Å²) in [6.45, 7) is 6.40. The molecule has 2 N–H and O–H groups in total.